The highest BCUT2D eigenvalue weighted by molar-refractivity contribution is 7.92. The molecule has 3 N–H and O–H groups in total. The third-order valence-corrected chi connectivity index (χ3v) is 5.35. The average molecular weight is 334 g/mol. The molecule has 6 heteroatoms. The Kier molecular flexibility index (Phi) is 5.74. The fourth-order valence-corrected chi connectivity index (χ4v) is 3.77. The first kappa shape index (κ1) is 17.4. The lowest BCUT2D eigenvalue weighted by Crippen LogP contribution is -2.37. The predicted octanol–water partition coefficient (Wildman–Crippen LogP) is 1.78. The number of hydrogen-bond acceptors (Lipinski definition) is 4. The van der Waals surface area contributed by atoms with Crippen molar-refractivity contribution in [1.82, 2.24) is 5.32 Å². The van der Waals surface area contributed by atoms with Gasteiger partial charge in [0, 0.05) is 6.54 Å². The first-order chi connectivity index (χ1) is 10.9. The second-order valence-corrected chi connectivity index (χ2v) is 7.74. The quantitative estimate of drug-likeness (QED) is 0.808. The second kappa shape index (κ2) is 7.57. The van der Waals surface area contributed by atoms with Gasteiger partial charge in [-0.3, -0.25) is 4.79 Å². The van der Waals surface area contributed by atoms with Crippen LogP contribution in [0.1, 0.15) is 24.9 Å². The minimum atomic E-state index is -3.35. The van der Waals surface area contributed by atoms with Gasteiger partial charge in [-0.25, -0.2) is 8.42 Å². The summed E-state index contributed by atoms with van der Waals surface area (Å²) in [6.07, 6.45) is 0.501. The molecule has 2 rings (SSSR count). The molecule has 0 aliphatic rings. The van der Waals surface area contributed by atoms with Crippen molar-refractivity contribution in [2.24, 2.45) is 5.73 Å². The van der Waals surface area contributed by atoms with E-state index in [0.717, 1.165) is 16.3 Å². The number of fused-ring (bicyclic) bond motifs is 1. The molecule has 0 spiro atoms. The van der Waals surface area contributed by atoms with Gasteiger partial charge < -0.3 is 11.1 Å². The van der Waals surface area contributed by atoms with Crippen molar-refractivity contribution in [2.45, 2.75) is 19.4 Å². The molecule has 1 atom stereocenters. The van der Waals surface area contributed by atoms with Crippen LogP contribution in [0.4, 0.5) is 0 Å². The van der Waals surface area contributed by atoms with Crippen LogP contribution in [-0.4, -0.2) is 32.4 Å². The van der Waals surface area contributed by atoms with Crippen LogP contribution in [0.3, 0.4) is 0 Å². The van der Waals surface area contributed by atoms with Crippen LogP contribution in [0.25, 0.3) is 10.8 Å². The fourth-order valence-electron chi connectivity index (χ4n) is 2.52. The molecular weight excluding hydrogens is 312 g/mol. The van der Waals surface area contributed by atoms with E-state index in [2.05, 4.69) is 5.32 Å². The largest absolute Gasteiger partial charge is 0.347 e. The smallest absolute Gasteiger partial charge is 0.235 e. The molecule has 0 aliphatic heterocycles. The maximum absolute atomic E-state index is 12.0. The Morgan fingerprint density at radius 3 is 2.52 bits per heavy atom. The summed E-state index contributed by atoms with van der Waals surface area (Å²) in [7, 11) is -3.35. The van der Waals surface area contributed by atoms with Crippen LogP contribution in [0.2, 0.25) is 0 Å². The van der Waals surface area contributed by atoms with Crippen LogP contribution < -0.4 is 11.1 Å². The van der Waals surface area contributed by atoms with Gasteiger partial charge in [0.25, 0.3) is 0 Å². The van der Waals surface area contributed by atoms with E-state index < -0.39 is 27.5 Å². The Labute approximate surface area is 136 Å². The maximum Gasteiger partial charge on any atom is 0.235 e. The standard InChI is InChI=1S/C17H22N2O3S/c1-2-9-23(21,22)12-17(20)19-16(11-18)15-8-7-13-5-3-4-6-14(13)10-15/h3-8,10,16H,2,9,11-12,18H2,1H3,(H,19,20). The van der Waals surface area contributed by atoms with Crippen LogP contribution >= 0.6 is 0 Å². The molecule has 0 fully saturated rings. The number of carbonyl (C=O) groups excluding carboxylic acids is 1. The molecule has 23 heavy (non-hydrogen) atoms. The molecule has 0 aromatic heterocycles. The number of benzene rings is 2. The number of amides is 1. The van der Waals surface area contributed by atoms with E-state index in [0.29, 0.717) is 6.42 Å². The second-order valence-electron chi connectivity index (χ2n) is 5.55. The minimum absolute atomic E-state index is 0.0175. The minimum Gasteiger partial charge on any atom is -0.347 e. The first-order valence-electron chi connectivity index (χ1n) is 7.63. The Hall–Kier alpha value is -1.92. The van der Waals surface area contributed by atoms with Crippen molar-refractivity contribution in [3.05, 3.63) is 48.0 Å². The number of nitrogens with two attached hydrogens (primary N) is 1. The summed E-state index contributed by atoms with van der Waals surface area (Å²) in [5.41, 5.74) is 6.62. The highest BCUT2D eigenvalue weighted by Crippen LogP contribution is 2.20. The van der Waals surface area contributed by atoms with Crippen LogP contribution in [-0.2, 0) is 14.6 Å². The topological polar surface area (TPSA) is 89.3 Å². The van der Waals surface area contributed by atoms with Crippen LogP contribution in [0, 0.1) is 0 Å². The SMILES string of the molecule is CCCS(=O)(=O)CC(=O)NC(CN)c1ccc2ccccc2c1. The summed E-state index contributed by atoms with van der Waals surface area (Å²) < 4.78 is 23.5. The summed E-state index contributed by atoms with van der Waals surface area (Å²) >= 11 is 0. The zero-order valence-corrected chi connectivity index (χ0v) is 14.0. The lowest BCUT2D eigenvalue weighted by atomic mass is 10.0. The third kappa shape index (κ3) is 4.77. The normalized spacial score (nSPS) is 13.0. The third-order valence-electron chi connectivity index (χ3n) is 3.61. The van der Waals surface area contributed by atoms with E-state index in [1.807, 2.05) is 42.5 Å². The zero-order valence-electron chi connectivity index (χ0n) is 13.2. The van der Waals surface area contributed by atoms with Gasteiger partial charge in [0.15, 0.2) is 9.84 Å². The highest BCUT2D eigenvalue weighted by atomic mass is 32.2. The Balaban J connectivity index is 2.13. The van der Waals surface area contributed by atoms with Gasteiger partial charge in [0.2, 0.25) is 5.91 Å². The van der Waals surface area contributed by atoms with Gasteiger partial charge in [-0.05, 0) is 28.8 Å². The summed E-state index contributed by atoms with van der Waals surface area (Å²) in [6, 6.07) is 13.3. The summed E-state index contributed by atoms with van der Waals surface area (Å²) in [5.74, 6) is -0.990. The number of rotatable bonds is 7. The van der Waals surface area contributed by atoms with E-state index in [9.17, 15) is 13.2 Å². The van der Waals surface area contributed by atoms with Gasteiger partial charge in [-0.15, -0.1) is 0 Å². The van der Waals surface area contributed by atoms with E-state index >= 15 is 0 Å². The Morgan fingerprint density at radius 1 is 1.17 bits per heavy atom. The highest BCUT2D eigenvalue weighted by Gasteiger charge is 2.19. The number of sulfone groups is 1. The van der Waals surface area contributed by atoms with Crippen molar-refractivity contribution in [3.8, 4) is 0 Å². The van der Waals surface area contributed by atoms with Crippen molar-refractivity contribution >= 4 is 26.5 Å². The monoisotopic (exact) mass is 334 g/mol. The molecular formula is C17H22N2O3S. The molecule has 0 saturated heterocycles. The van der Waals surface area contributed by atoms with Crippen molar-refractivity contribution in [2.75, 3.05) is 18.1 Å². The molecule has 0 saturated carbocycles. The van der Waals surface area contributed by atoms with Gasteiger partial charge in [0.1, 0.15) is 5.75 Å². The molecule has 5 nitrogen and oxygen atoms in total. The molecule has 2 aromatic rings. The van der Waals surface area contributed by atoms with Gasteiger partial charge in [0.05, 0.1) is 11.8 Å². The van der Waals surface area contributed by atoms with Crippen molar-refractivity contribution in [1.29, 1.82) is 0 Å². The van der Waals surface area contributed by atoms with Crippen LogP contribution in [0.15, 0.2) is 42.5 Å². The molecule has 0 radical (unpaired) electrons. The number of nitrogens with one attached hydrogen (secondary N) is 1. The summed E-state index contributed by atoms with van der Waals surface area (Å²) in [4.78, 5) is 12.0. The molecule has 1 amide bonds. The first-order valence-corrected chi connectivity index (χ1v) is 9.46. The Bertz CT molecular complexity index is 787. The molecule has 124 valence electrons. The van der Waals surface area contributed by atoms with E-state index in [1.165, 1.54) is 0 Å². The molecule has 1 unspecified atom stereocenters. The lowest BCUT2D eigenvalue weighted by molar-refractivity contribution is -0.119. The maximum atomic E-state index is 12.0. The number of carbonyl (C=O) groups is 1. The predicted molar refractivity (Wildman–Crippen MR) is 92.8 cm³/mol. The van der Waals surface area contributed by atoms with Crippen molar-refractivity contribution in [3.63, 3.8) is 0 Å². The molecule has 0 heterocycles. The van der Waals surface area contributed by atoms with Crippen molar-refractivity contribution < 1.29 is 13.2 Å². The van der Waals surface area contributed by atoms with Gasteiger partial charge >= 0.3 is 0 Å². The van der Waals surface area contributed by atoms with E-state index in [4.69, 9.17) is 5.73 Å². The fraction of sp³-hybridized carbons (Fsp3) is 0.353. The summed E-state index contributed by atoms with van der Waals surface area (Å²) in [5, 5.41) is 4.87. The summed E-state index contributed by atoms with van der Waals surface area (Å²) in [6.45, 7) is 1.98. The van der Waals surface area contributed by atoms with E-state index in [-0.39, 0.29) is 12.3 Å². The Morgan fingerprint density at radius 2 is 1.87 bits per heavy atom. The molecule has 0 bridgehead atoms. The average Bonchev–Trinajstić information content (AvgIpc) is 2.51. The van der Waals surface area contributed by atoms with E-state index in [1.54, 1.807) is 6.92 Å². The zero-order chi connectivity index (χ0) is 16.9. The molecule has 0 aliphatic carbocycles. The van der Waals surface area contributed by atoms with Crippen LogP contribution in [0.5, 0.6) is 0 Å². The number of hydrogen-bond donors (Lipinski definition) is 2. The van der Waals surface area contributed by atoms with Gasteiger partial charge in [-0.2, -0.15) is 0 Å². The molecule has 2 aromatic carbocycles. The lowest BCUT2D eigenvalue weighted by Gasteiger charge is -2.18. The van der Waals surface area contributed by atoms with Gasteiger partial charge in [-0.1, -0.05) is 43.3 Å².